The Hall–Kier alpha value is -4.21. The first-order valence-electron chi connectivity index (χ1n) is 19.0. The predicted octanol–water partition coefficient (Wildman–Crippen LogP) is 11.4. The van der Waals surface area contributed by atoms with Crippen molar-refractivity contribution in [2.24, 2.45) is 0 Å². The van der Waals surface area contributed by atoms with E-state index in [2.05, 4.69) is 166 Å². The van der Waals surface area contributed by atoms with Gasteiger partial charge in [0, 0.05) is 48.0 Å². The molecule has 7 rings (SSSR count). The smallest absolute Gasteiger partial charge is 0.210 e. The van der Waals surface area contributed by atoms with E-state index in [9.17, 15) is 0 Å². The summed E-state index contributed by atoms with van der Waals surface area (Å²) in [7, 11) is 6.58. The average molecular weight is 663 g/mol. The first kappa shape index (κ1) is 34.2. The number of rotatable bonds is 10. The lowest BCUT2D eigenvalue weighted by Crippen LogP contribution is -2.28. The van der Waals surface area contributed by atoms with Crippen molar-refractivity contribution in [3.63, 3.8) is 0 Å². The van der Waals surface area contributed by atoms with Crippen LogP contribution in [0.1, 0.15) is 83.8 Å². The van der Waals surface area contributed by atoms with Gasteiger partial charge in [0.15, 0.2) is 5.71 Å². The molecule has 1 aliphatic carbocycles. The third-order valence-corrected chi connectivity index (χ3v) is 11.6. The Kier molecular flexibility index (Phi) is 9.48. The van der Waals surface area contributed by atoms with Crippen molar-refractivity contribution in [1.29, 1.82) is 0 Å². The fraction of sp³-hybridized carbons (Fsp3) is 0.383. The molecule has 0 amide bonds. The molecule has 4 aromatic carbocycles. The largest absolute Gasteiger partial charge is 0.347 e. The van der Waals surface area contributed by atoms with Crippen LogP contribution in [-0.2, 0) is 10.8 Å². The van der Waals surface area contributed by atoms with Crippen molar-refractivity contribution < 1.29 is 4.58 Å². The second-order valence-electron chi connectivity index (χ2n) is 16.1. The number of anilines is 1. The van der Waals surface area contributed by atoms with Crippen LogP contribution in [0.5, 0.6) is 0 Å². The molecular weight excluding hydrogens is 607 g/mol. The monoisotopic (exact) mass is 662 g/mol. The second-order valence-corrected chi connectivity index (χ2v) is 16.1. The van der Waals surface area contributed by atoms with Gasteiger partial charge < -0.3 is 9.80 Å². The maximum atomic E-state index is 2.65. The van der Waals surface area contributed by atoms with Crippen LogP contribution in [0.3, 0.4) is 0 Å². The molecule has 50 heavy (non-hydrogen) atoms. The van der Waals surface area contributed by atoms with Crippen molar-refractivity contribution >= 4 is 38.6 Å². The van der Waals surface area contributed by atoms with E-state index in [1.54, 1.807) is 0 Å². The predicted molar refractivity (Wildman–Crippen MR) is 216 cm³/mol. The molecule has 0 atom stereocenters. The van der Waals surface area contributed by atoms with Gasteiger partial charge in [0.05, 0.1) is 5.41 Å². The lowest BCUT2D eigenvalue weighted by atomic mass is 9.79. The quantitative estimate of drug-likeness (QED) is 0.123. The summed E-state index contributed by atoms with van der Waals surface area (Å²) in [5.74, 6) is 0. The van der Waals surface area contributed by atoms with Crippen LogP contribution >= 0.6 is 0 Å². The number of unbranched alkanes of at least 4 members (excludes halogenated alkanes) is 3. The highest BCUT2D eigenvalue weighted by Crippen LogP contribution is 2.50. The number of hydrogen-bond acceptors (Lipinski definition) is 2. The molecule has 3 heteroatoms. The lowest BCUT2D eigenvalue weighted by Gasteiger charge is -2.24. The summed E-state index contributed by atoms with van der Waals surface area (Å²) in [4.78, 5) is 4.70. The molecule has 258 valence electrons. The SMILES string of the molecule is CN(C)CCCCCC[N+]1=C(/C=C/C2=CC(=C/C=C3/N(C)c4ccc5ccccc5c4C3(C)C)/CCC2)C(C)(C)c2c1ccc1ccccc21. The zero-order chi connectivity index (χ0) is 35.0. The van der Waals surface area contributed by atoms with E-state index < -0.39 is 0 Å². The Labute approximate surface area is 301 Å². The van der Waals surface area contributed by atoms with E-state index in [1.807, 2.05) is 0 Å². The summed E-state index contributed by atoms with van der Waals surface area (Å²) >= 11 is 0. The van der Waals surface area contributed by atoms with Gasteiger partial charge in [-0.25, -0.2) is 0 Å². The number of fused-ring (bicyclic) bond motifs is 6. The first-order chi connectivity index (χ1) is 24.1. The Bertz CT molecular complexity index is 2080. The normalized spacial score (nSPS) is 19.8. The molecule has 0 saturated heterocycles. The van der Waals surface area contributed by atoms with Crippen LogP contribution in [0.2, 0.25) is 0 Å². The maximum Gasteiger partial charge on any atom is 0.210 e. The molecule has 2 heterocycles. The zero-order valence-electron chi connectivity index (χ0n) is 31.5. The Morgan fingerprint density at radius 1 is 0.720 bits per heavy atom. The van der Waals surface area contributed by atoms with Crippen LogP contribution in [-0.4, -0.2) is 49.4 Å². The molecule has 0 spiro atoms. The molecule has 0 saturated carbocycles. The van der Waals surface area contributed by atoms with Gasteiger partial charge in [-0.05, 0) is 123 Å². The van der Waals surface area contributed by atoms with Gasteiger partial charge in [-0.1, -0.05) is 93.1 Å². The number of nitrogens with zero attached hydrogens (tertiary/aromatic N) is 3. The highest BCUT2D eigenvalue weighted by Gasteiger charge is 2.45. The lowest BCUT2D eigenvalue weighted by molar-refractivity contribution is -0.438. The summed E-state index contributed by atoms with van der Waals surface area (Å²) in [6, 6.07) is 27.0. The van der Waals surface area contributed by atoms with Crippen molar-refractivity contribution in [3.05, 3.63) is 131 Å². The third kappa shape index (κ3) is 6.30. The maximum absolute atomic E-state index is 2.65. The van der Waals surface area contributed by atoms with Crippen LogP contribution in [0, 0.1) is 0 Å². The number of benzene rings is 4. The molecule has 0 radical (unpaired) electrons. The van der Waals surface area contributed by atoms with Gasteiger partial charge in [0.25, 0.3) is 0 Å². The molecule has 4 aromatic rings. The summed E-state index contributed by atoms with van der Waals surface area (Å²) in [5.41, 5.74) is 11.1. The van der Waals surface area contributed by atoms with Crippen molar-refractivity contribution in [2.75, 3.05) is 39.1 Å². The highest BCUT2D eigenvalue weighted by molar-refractivity contribution is 6.07. The van der Waals surface area contributed by atoms with Gasteiger partial charge in [0.1, 0.15) is 6.54 Å². The van der Waals surface area contributed by atoms with Gasteiger partial charge >= 0.3 is 0 Å². The zero-order valence-corrected chi connectivity index (χ0v) is 31.5. The van der Waals surface area contributed by atoms with Crippen molar-refractivity contribution in [2.45, 2.75) is 83.5 Å². The first-order valence-corrected chi connectivity index (χ1v) is 19.0. The molecule has 0 unspecified atom stereocenters. The van der Waals surface area contributed by atoms with E-state index in [4.69, 9.17) is 0 Å². The molecule has 0 fully saturated rings. The van der Waals surface area contributed by atoms with Crippen LogP contribution < -0.4 is 4.90 Å². The summed E-state index contributed by atoms with van der Waals surface area (Å²) < 4.78 is 2.65. The number of likely N-dealkylation sites (N-methyl/N-ethyl adjacent to an activating group) is 1. The van der Waals surface area contributed by atoms with E-state index in [1.165, 1.54) is 105 Å². The fourth-order valence-electron chi connectivity index (χ4n) is 9.04. The van der Waals surface area contributed by atoms with E-state index in [0.717, 1.165) is 19.4 Å². The molecule has 3 nitrogen and oxygen atoms in total. The van der Waals surface area contributed by atoms with Crippen molar-refractivity contribution in [3.8, 4) is 0 Å². The van der Waals surface area contributed by atoms with Gasteiger partial charge in [-0.15, -0.1) is 0 Å². The third-order valence-electron chi connectivity index (χ3n) is 11.6. The molecule has 0 N–H and O–H groups in total. The summed E-state index contributed by atoms with van der Waals surface area (Å²) in [5, 5.41) is 5.40. The second kappa shape index (κ2) is 13.8. The number of allylic oxidation sites excluding steroid dienone is 8. The van der Waals surface area contributed by atoms with Gasteiger partial charge in [-0.3, -0.25) is 0 Å². The Morgan fingerprint density at radius 2 is 1.40 bits per heavy atom. The molecule has 3 aliphatic rings. The standard InChI is InChI=1S/C47H56N3/c1-46(2)42(49(7)40-27-25-36-19-10-12-21-38(36)44(40)46)29-23-34-17-16-18-35(33-34)24-30-43-47(3,4)45-39-22-13-11-20-37(39)26-28-41(45)50(43)32-15-9-8-14-31-48(5)6/h10-13,19-30,33H,8-9,14-18,31-32H2,1-7H3/q+1. The average Bonchev–Trinajstić information content (AvgIpc) is 3.45. The number of hydrogen-bond donors (Lipinski definition) is 0. The summed E-state index contributed by atoms with van der Waals surface area (Å²) in [6.07, 6.45) is 20.6. The molecule has 0 aromatic heterocycles. The Balaban J connectivity index is 1.17. The van der Waals surface area contributed by atoms with E-state index in [0.29, 0.717) is 0 Å². The van der Waals surface area contributed by atoms with Crippen molar-refractivity contribution in [1.82, 2.24) is 4.90 Å². The van der Waals surface area contributed by atoms with Gasteiger partial charge in [-0.2, -0.15) is 4.58 Å². The molecule has 0 bridgehead atoms. The van der Waals surface area contributed by atoms with E-state index in [-0.39, 0.29) is 10.8 Å². The van der Waals surface area contributed by atoms with Gasteiger partial charge in [0.2, 0.25) is 5.69 Å². The molecular formula is C47H56N3+. The molecule has 2 aliphatic heterocycles. The van der Waals surface area contributed by atoms with E-state index >= 15 is 0 Å². The van der Waals surface area contributed by atoms with Crippen LogP contribution in [0.4, 0.5) is 11.4 Å². The minimum atomic E-state index is -0.0756. The minimum Gasteiger partial charge on any atom is -0.347 e. The Morgan fingerprint density at radius 3 is 2.14 bits per heavy atom. The topological polar surface area (TPSA) is 9.49 Å². The van der Waals surface area contributed by atoms with Crippen LogP contribution in [0.15, 0.2) is 120 Å². The van der Waals surface area contributed by atoms with Crippen LogP contribution in [0.25, 0.3) is 21.5 Å². The minimum absolute atomic E-state index is 0.0667. The highest BCUT2D eigenvalue weighted by atomic mass is 15.2. The summed E-state index contributed by atoms with van der Waals surface area (Å²) in [6.45, 7) is 11.9. The fourth-order valence-corrected chi connectivity index (χ4v) is 9.04.